The van der Waals surface area contributed by atoms with Crippen molar-refractivity contribution < 1.29 is 28.8 Å². The summed E-state index contributed by atoms with van der Waals surface area (Å²) in [6.45, 7) is 9.80. The summed E-state index contributed by atoms with van der Waals surface area (Å²) in [6.07, 6.45) is 2.39. The highest BCUT2D eigenvalue weighted by Gasteiger charge is 2.29. The fourth-order valence-corrected chi connectivity index (χ4v) is 4.62. The molecule has 0 unspecified atom stereocenters. The number of piperidine rings is 1. The monoisotopic (exact) mass is 407 g/mol. The molecule has 29 heavy (non-hydrogen) atoms. The van der Waals surface area contributed by atoms with Gasteiger partial charge in [-0.15, -0.1) is 0 Å². The summed E-state index contributed by atoms with van der Waals surface area (Å²) < 4.78 is 16.5. The lowest BCUT2D eigenvalue weighted by atomic mass is 10.0. The molecule has 2 saturated heterocycles. The topological polar surface area (TPSA) is 56.9 Å². The first-order valence-corrected chi connectivity index (χ1v) is 10.8. The minimum Gasteiger partial charge on any atom is -0.493 e. The summed E-state index contributed by atoms with van der Waals surface area (Å²) in [4.78, 5) is 17.7. The maximum Gasteiger partial charge on any atom is 0.277 e. The van der Waals surface area contributed by atoms with E-state index >= 15 is 0 Å². The fraction of sp³-hybridized carbons (Fsp3) is 0.682. The zero-order valence-electron chi connectivity index (χ0n) is 18.4. The molecule has 2 aliphatic rings. The quantitative estimate of drug-likeness (QED) is 0.625. The second-order valence-electron chi connectivity index (χ2n) is 8.43. The Morgan fingerprint density at radius 2 is 1.72 bits per heavy atom. The van der Waals surface area contributed by atoms with Crippen LogP contribution in [0.5, 0.6) is 17.2 Å². The number of piperazine rings is 1. The Bertz CT molecular complexity index is 689. The molecular formula is C22H37N3O4+2. The molecule has 2 heterocycles. The molecule has 0 bridgehead atoms. The number of quaternary nitrogens is 2. The van der Waals surface area contributed by atoms with Gasteiger partial charge in [0.1, 0.15) is 32.7 Å². The Morgan fingerprint density at radius 3 is 2.34 bits per heavy atom. The standard InChI is InChI=1S/C22H35N3O4/c1-17-6-5-9-25(14-17)20(26)16-24-12-10-23(11-13-24)15-18-7-8-19(27-2)22(29-4)21(18)28-3/h7-8,17H,5-6,9-16H2,1-4H3/p+2/t17-/m0/s1. The molecule has 0 spiro atoms. The average molecular weight is 408 g/mol. The van der Waals surface area contributed by atoms with Gasteiger partial charge in [0, 0.05) is 13.1 Å². The van der Waals surface area contributed by atoms with Gasteiger partial charge in [0.2, 0.25) is 5.75 Å². The van der Waals surface area contributed by atoms with Crippen LogP contribution in [0.2, 0.25) is 0 Å². The van der Waals surface area contributed by atoms with Crippen LogP contribution in [0.15, 0.2) is 12.1 Å². The van der Waals surface area contributed by atoms with Gasteiger partial charge in [-0.25, -0.2) is 0 Å². The van der Waals surface area contributed by atoms with E-state index in [0.717, 1.165) is 63.5 Å². The summed E-state index contributed by atoms with van der Waals surface area (Å²) >= 11 is 0. The lowest BCUT2D eigenvalue weighted by Crippen LogP contribution is -3.28. The molecule has 0 aliphatic carbocycles. The van der Waals surface area contributed by atoms with E-state index in [1.54, 1.807) is 21.3 Å². The number of rotatable bonds is 7. The number of amides is 1. The zero-order chi connectivity index (χ0) is 20.8. The predicted molar refractivity (Wildman–Crippen MR) is 111 cm³/mol. The Morgan fingerprint density at radius 1 is 1.03 bits per heavy atom. The van der Waals surface area contributed by atoms with Crippen molar-refractivity contribution in [3.05, 3.63) is 17.7 Å². The van der Waals surface area contributed by atoms with Crippen LogP contribution in [0.4, 0.5) is 0 Å². The third-order valence-corrected chi connectivity index (χ3v) is 6.30. The second kappa shape index (κ2) is 10.2. The van der Waals surface area contributed by atoms with Gasteiger partial charge in [0.25, 0.3) is 5.91 Å². The lowest BCUT2D eigenvalue weighted by Gasteiger charge is -2.34. The summed E-state index contributed by atoms with van der Waals surface area (Å²) in [7, 11) is 4.95. The largest absolute Gasteiger partial charge is 0.493 e. The van der Waals surface area contributed by atoms with E-state index in [1.165, 1.54) is 16.2 Å². The van der Waals surface area contributed by atoms with Crippen LogP contribution in [-0.4, -0.2) is 77.9 Å². The molecule has 0 radical (unpaired) electrons. The number of benzene rings is 1. The van der Waals surface area contributed by atoms with Crippen molar-refractivity contribution in [1.82, 2.24) is 4.90 Å². The number of hydrogen-bond acceptors (Lipinski definition) is 4. The SMILES string of the molecule is COc1ccc(C[NH+]2CC[NH+](CC(=O)N3CCC[C@H](C)C3)CC2)c(OC)c1OC. The zero-order valence-corrected chi connectivity index (χ0v) is 18.4. The molecule has 7 heteroatoms. The van der Waals surface area contributed by atoms with Crippen LogP contribution in [0, 0.1) is 5.92 Å². The molecule has 3 rings (SSSR count). The van der Waals surface area contributed by atoms with Gasteiger partial charge >= 0.3 is 0 Å². The van der Waals surface area contributed by atoms with Crippen molar-refractivity contribution in [2.75, 3.05) is 67.1 Å². The molecule has 1 aromatic carbocycles. The van der Waals surface area contributed by atoms with Crippen molar-refractivity contribution in [3.8, 4) is 17.2 Å². The second-order valence-corrected chi connectivity index (χ2v) is 8.43. The molecule has 1 aromatic rings. The van der Waals surface area contributed by atoms with Crippen LogP contribution in [0.25, 0.3) is 0 Å². The fourth-order valence-electron chi connectivity index (χ4n) is 4.62. The Kier molecular flexibility index (Phi) is 7.61. The first-order chi connectivity index (χ1) is 14.0. The number of nitrogens with one attached hydrogen (secondary N) is 2. The van der Waals surface area contributed by atoms with E-state index in [4.69, 9.17) is 14.2 Å². The predicted octanol–water partition coefficient (Wildman–Crippen LogP) is -0.746. The van der Waals surface area contributed by atoms with Gasteiger partial charge in [-0.2, -0.15) is 0 Å². The Hall–Kier alpha value is -1.99. The molecule has 7 nitrogen and oxygen atoms in total. The third kappa shape index (κ3) is 5.34. The highest BCUT2D eigenvalue weighted by Crippen LogP contribution is 2.39. The van der Waals surface area contributed by atoms with Crippen LogP contribution in [-0.2, 0) is 11.3 Å². The normalized spacial score (nSPS) is 24.8. The number of carbonyl (C=O) groups is 1. The number of carbonyl (C=O) groups excluding carboxylic acids is 1. The van der Waals surface area contributed by atoms with E-state index in [0.29, 0.717) is 29.9 Å². The summed E-state index contributed by atoms with van der Waals surface area (Å²) in [5.74, 6) is 3.06. The van der Waals surface area contributed by atoms with Gasteiger partial charge < -0.3 is 28.9 Å². The van der Waals surface area contributed by atoms with Gasteiger partial charge in [0.15, 0.2) is 18.0 Å². The number of likely N-dealkylation sites (tertiary alicyclic amines) is 1. The molecule has 2 fully saturated rings. The number of ether oxygens (including phenoxy) is 3. The highest BCUT2D eigenvalue weighted by molar-refractivity contribution is 5.77. The smallest absolute Gasteiger partial charge is 0.277 e. The molecule has 1 atom stereocenters. The van der Waals surface area contributed by atoms with E-state index < -0.39 is 0 Å². The van der Waals surface area contributed by atoms with Crippen molar-refractivity contribution >= 4 is 5.91 Å². The van der Waals surface area contributed by atoms with Crippen LogP contribution in [0.1, 0.15) is 25.3 Å². The van der Waals surface area contributed by atoms with E-state index in [1.807, 2.05) is 6.07 Å². The van der Waals surface area contributed by atoms with E-state index in [9.17, 15) is 4.79 Å². The molecular weight excluding hydrogens is 370 g/mol. The molecule has 0 aromatic heterocycles. The first kappa shape index (κ1) is 21.7. The van der Waals surface area contributed by atoms with Crippen LogP contribution < -0.4 is 24.0 Å². The highest BCUT2D eigenvalue weighted by atomic mass is 16.5. The van der Waals surface area contributed by atoms with Gasteiger partial charge in [-0.1, -0.05) is 6.92 Å². The first-order valence-electron chi connectivity index (χ1n) is 10.8. The molecule has 0 saturated carbocycles. The summed E-state index contributed by atoms with van der Waals surface area (Å²) in [5, 5.41) is 0. The minimum absolute atomic E-state index is 0.330. The van der Waals surface area contributed by atoms with Crippen LogP contribution >= 0.6 is 0 Å². The molecule has 2 aliphatic heterocycles. The van der Waals surface area contributed by atoms with Crippen LogP contribution in [0.3, 0.4) is 0 Å². The van der Waals surface area contributed by atoms with Crippen molar-refractivity contribution in [1.29, 1.82) is 0 Å². The molecule has 1 amide bonds. The van der Waals surface area contributed by atoms with Crippen molar-refractivity contribution in [2.24, 2.45) is 5.92 Å². The maximum absolute atomic E-state index is 12.7. The number of nitrogens with zero attached hydrogens (tertiary/aromatic N) is 1. The number of methoxy groups -OCH3 is 3. The van der Waals surface area contributed by atoms with Gasteiger partial charge in [-0.3, -0.25) is 4.79 Å². The Labute approximate surface area is 174 Å². The third-order valence-electron chi connectivity index (χ3n) is 6.30. The number of hydrogen-bond donors (Lipinski definition) is 2. The van der Waals surface area contributed by atoms with Crippen molar-refractivity contribution in [3.63, 3.8) is 0 Å². The van der Waals surface area contributed by atoms with Crippen molar-refractivity contribution in [2.45, 2.75) is 26.3 Å². The Balaban J connectivity index is 1.53. The molecule has 162 valence electrons. The average Bonchev–Trinajstić information content (AvgIpc) is 2.74. The minimum atomic E-state index is 0.330. The summed E-state index contributed by atoms with van der Waals surface area (Å²) in [5.41, 5.74) is 1.13. The van der Waals surface area contributed by atoms with Gasteiger partial charge in [-0.05, 0) is 30.9 Å². The van der Waals surface area contributed by atoms with E-state index in [2.05, 4.69) is 17.9 Å². The maximum atomic E-state index is 12.7. The lowest BCUT2D eigenvalue weighted by molar-refractivity contribution is -1.02. The van der Waals surface area contributed by atoms with Gasteiger partial charge in [0.05, 0.1) is 26.9 Å². The van der Waals surface area contributed by atoms with E-state index in [-0.39, 0.29) is 0 Å². The molecule has 2 N–H and O–H groups in total. The summed E-state index contributed by atoms with van der Waals surface area (Å²) in [6, 6.07) is 4.00.